The Kier molecular flexibility index (Phi) is 10.3. The van der Waals surface area contributed by atoms with E-state index in [-0.39, 0.29) is 17.9 Å². The first kappa shape index (κ1) is 34.6. The predicted molar refractivity (Wildman–Crippen MR) is 193 cm³/mol. The van der Waals surface area contributed by atoms with Gasteiger partial charge in [0.25, 0.3) is 5.91 Å². The molecule has 3 N–H and O–H groups in total. The van der Waals surface area contributed by atoms with Crippen molar-refractivity contribution in [3.63, 3.8) is 0 Å². The number of fused-ring (bicyclic) bond motifs is 1. The first-order valence-electron chi connectivity index (χ1n) is 16.7. The Morgan fingerprint density at radius 1 is 1.08 bits per heavy atom. The number of amides is 2. The highest BCUT2D eigenvalue weighted by molar-refractivity contribution is 6.39. The third-order valence-corrected chi connectivity index (χ3v) is 10.0. The normalized spacial score (nSPS) is 15.8. The Balaban J connectivity index is 1.06. The molecule has 1 saturated heterocycles. The lowest BCUT2D eigenvalue weighted by Gasteiger charge is -2.26. The molecule has 4 aromatic heterocycles. The number of nitrogens with zero attached hydrogens (tertiary/aromatic N) is 8. The number of pyridine rings is 2. The minimum Gasteiger partial charge on any atom is -0.481 e. The molecule has 1 fully saturated rings. The third kappa shape index (κ3) is 7.45. The molecule has 264 valence electrons. The van der Waals surface area contributed by atoms with Gasteiger partial charge in [-0.25, -0.2) is 15.0 Å². The SMILES string of the molecule is COc1nc(-c2ccnc(-c3cccc(NC(=O)c4nc5c(n4C)CCN(CCn4cncn4)C5)c3Cl)c2Cl)ccc1CNC[C@@H]1CCC(=O)N1. The van der Waals surface area contributed by atoms with Gasteiger partial charge >= 0.3 is 0 Å². The fourth-order valence-corrected chi connectivity index (χ4v) is 7.10. The van der Waals surface area contributed by atoms with Crippen LogP contribution in [-0.2, 0) is 37.9 Å². The maximum absolute atomic E-state index is 13.6. The van der Waals surface area contributed by atoms with Crippen LogP contribution < -0.4 is 20.7 Å². The Hall–Kier alpha value is -4.89. The molecular weight excluding hydrogens is 693 g/mol. The Labute approximate surface area is 304 Å². The van der Waals surface area contributed by atoms with E-state index < -0.39 is 0 Å². The fraction of sp³-hybridized carbons (Fsp3) is 0.343. The molecular formula is C35H37Cl2N11O3. The number of nitrogens with one attached hydrogen (secondary N) is 3. The van der Waals surface area contributed by atoms with Gasteiger partial charge in [-0.1, -0.05) is 41.4 Å². The zero-order valence-corrected chi connectivity index (χ0v) is 29.7. The van der Waals surface area contributed by atoms with Gasteiger partial charge in [-0.05, 0) is 24.6 Å². The number of benzene rings is 1. The van der Waals surface area contributed by atoms with E-state index in [2.05, 4.69) is 35.9 Å². The van der Waals surface area contributed by atoms with Gasteiger partial charge < -0.3 is 25.3 Å². The maximum Gasteiger partial charge on any atom is 0.291 e. The lowest BCUT2D eigenvalue weighted by atomic mass is 10.1. The molecule has 2 aliphatic rings. The van der Waals surface area contributed by atoms with Gasteiger partial charge in [-0.2, -0.15) is 5.10 Å². The minimum atomic E-state index is -0.369. The molecule has 0 saturated carbocycles. The summed E-state index contributed by atoms with van der Waals surface area (Å²) in [6.07, 6.45) is 7.03. The van der Waals surface area contributed by atoms with Crippen LogP contribution in [0, 0.1) is 0 Å². The number of carbonyl (C=O) groups excluding carboxylic acids is 2. The van der Waals surface area contributed by atoms with Gasteiger partial charge in [0.05, 0.1) is 46.5 Å². The average Bonchev–Trinajstić information content (AvgIpc) is 3.89. The summed E-state index contributed by atoms with van der Waals surface area (Å²) in [5.74, 6) is 0.486. The van der Waals surface area contributed by atoms with E-state index in [0.29, 0.717) is 76.0 Å². The number of carbonyl (C=O) groups is 2. The second-order valence-corrected chi connectivity index (χ2v) is 13.3. The summed E-state index contributed by atoms with van der Waals surface area (Å²) in [5.41, 5.74) is 5.44. The van der Waals surface area contributed by atoms with Crippen molar-refractivity contribution >= 4 is 40.7 Å². The first-order valence-corrected chi connectivity index (χ1v) is 17.4. The Morgan fingerprint density at radius 2 is 1.96 bits per heavy atom. The van der Waals surface area contributed by atoms with Crippen LogP contribution in [0.5, 0.6) is 5.88 Å². The average molecular weight is 731 g/mol. The molecule has 0 spiro atoms. The minimum absolute atomic E-state index is 0.0866. The zero-order valence-electron chi connectivity index (χ0n) is 28.2. The van der Waals surface area contributed by atoms with Gasteiger partial charge in [-0.3, -0.25) is 24.2 Å². The van der Waals surface area contributed by atoms with Crippen molar-refractivity contribution in [2.45, 2.75) is 44.9 Å². The fourth-order valence-electron chi connectivity index (χ4n) is 6.53. The second kappa shape index (κ2) is 15.2. The molecule has 1 aromatic carbocycles. The number of imidazole rings is 1. The van der Waals surface area contributed by atoms with E-state index in [4.69, 9.17) is 37.9 Å². The quantitative estimate of drug-likeness (QED) is 0.171. The van der Waals surface area contributed by atoms with Crippen molar-refractivity contribution in [3.8, 4) is 28.4 Å². The lowest BCUT2D eigenvalue weighted by Crippen LogP contribution is -2.35. The monoisotopic (exact) mass is 729 g/mol. The van der Waals surface area contributed by atoms with Gasteiger partial charge in [0.2, 0.25) is 11.8 Å². The summed E-state index contributed by atoms with van der Waals surface area (Å²) < 4.78 is 9.28. The van der Waals surface area contributed by atoms with E-state index in [1.165, 1.54) is 6.33 Å². The maximum atomic E-state index is 13.6. The van der Waals surface area contributed by atoms with Crippen LogP contribution in [-0.4, -0.2) is 83.8 Å². The topological polar surface area (TPSA) is 157 Å². The highest BCUT2D eigenvalue weighted by Crippen LogP contribution is 2.40. The van der Waals surface area contributed by atoms with Crippen LogP contribution in [0.3, 0.4) is 0 Å². The van der Waals surface area contributed by atoms with Crippen LogP contribution in [0.2, 0.25) is 10.0 Å². The molecule has 0 bridgehead atoms. The number of ether oxygens (including phenoxy) is 1. The Morgan fingerprint density at radius 3 is 2.75 bits per heavy atom. The number of halogens is 2. The largest absolute Gasteiger partial charge is 0.481 e. The first-order chi connectivity index (χ1) is 24.8. The molecule has 6 heterocycles. The zero-order chi connectivity index (χ0) is 35.5. The van der Waals surface area contributed by atoms with E-state index >= 15 is 0 Å². The molecule has 51 heavy (non-hydrogen) atoms. The van der Waals surface area contributed by atoms with Crippen LogP contribution >= 0.6 is 23.2 Å². The molecule has 14 nitrogen and oxygen atoms in total. The molecule has 7 rings (SSSR count). The number of methoxy groups -OCH3 is 1. The van der Waals surface area contributed by atoms with Gasteiger partial charge in [-0.15, -0.1) is 0 Å². The summed E-state index contributed by atoms with van der Waals surface area (Å²) in [5, 5.41) is 14.1. The molecule has 0 aliphatic carbocycles. The van der Waals surface area contributed by atoms with Crippen LogP contribution in [0.4, 0.5) is 5.69 Å². The van der Waals surface area contributed by atoms with Crippen molar-refractivity contribution in [1.82, 2.24) is 49.8 Å². The summed E-state index contributed by atoms with van der Waals surface area (Å²) in [4.78, 5) is 45.4. The molecule has 1 atom stereocenters. The molecule has 5 aromatic rings. The molecule has 2 amide bonds. The Bertz CT molecular complexity index is 2070. The molecule has 2 aliphatic heterocycles. The second-order valence-electron chi connectivity index (χ2n) is 12.5. The van der Waals surface area contributed by atoms with Crippen molar-refractivity contribution in [3.05, 3.63) is 88.1 Å². The van der Waals surface area contributed by atoms with Crippen molar-refractivity contribution in [1.29, 1.82) is 0 Å². The van der Waals surface area contributed by atoms with Gasteiger partial charge in [0.15, 0.2) is 5.82 Å². The van der Waals surface area contributed by atoms with E-state index in [1.54, 1.807) is 48.6 Å². The predicted octanol–water partition coefficient (Wildman–Crippen LogP) is 4.13. The van der Waals surface area contributed by atoms with E-state index in [9.17, 15) is 9.59 Å². The molecule has 16 heteroatoms. The van der Waals surface area contributed by atoms with Crippen molar-refractivity contribution < 1.29 is 14.3 Å². The lowest BCUT2D eigenvalue weighted by molar-refractivity contribution is -0.119. The summed E-state index contributed by atoms with van der Waals surface area (Å²) in [6, 6.07) is 11.0. The summed E-state index contributed by atoms with van der Waals surface area (Å²) in [6.45, 7) is 4.21. The highest BCUT2D eigenvalue weighted by Gasteiger charge is 2.26. The molecule has 0 radical (unpaired) electrons. The smallest absolute Gasteiger partial charge is 0.291 e. The van der Waals surface area contributed by atoms with Gasteiger partial charge in [0.1, 0.15) is 12.7 Å². The molecule has 0 unspecified atom stereocenters. The van der Waals surface area contributed by atoms with Crippen LogP contribution in [0.15, 0.2) is 55.2 Å². The van der Waals surface area contributed by atoms with Gasteiger partial charge in [0, 0.05) is 87.2 Å². The van der Waals surface area contributed by atoms with Crippen molar-refractivity contribution in [2.75, 3.05) is 32.1 Å². The van der Waals surface area contributed by atoms with Crippen LogP contribution in [0.1, 0.15) is 40.4 Å². The standard InChI is InChI=1S/C35H37Cl2N11O3/c1-46-28-11-13-47(14-15-48-20-39-19-41-48)18-27(28)43-33(46)34(50)44-26-5-3-4-24(30(26)36)32-31(37)23(10-12-40-32)25-8-6-21(35(45-25)51-2)16-38-17-22-7-9-29(49)42-22/h3-6,8,10,12,19-20,22,38H,7,9,11,13-18H2,1-2H3,(H,42,49)(H,44,50)/t22-/m0/s1. The summed E-state index contributed by atoms with van der Waals surface area (Å²) in [7, 11) is 3.44. The van der Waals surface area contributed by atoms with Crippen LogP contribution in [0.25, 0.3) is 22.5 Å². The highest BCUT2D eigenvalue weighted by atomic mass is 35.5. The number of aromatic nitrogens is 7. The number of hydrogen-bond acceptors (Lipinski definition) is 10. The van der Waals surface area contributed by atoms with Crippen molar-refractivity contribution in [2.24, 2.45) is 7.05 Å². The van der Waals surface area contributed by atoms with E-state index in [1.807, 2.05) is 23.7 Å². The summed E-state index contributed by atoms with van der Waals surface area (Å²) >= 11 is 13.9. The number of rotatable bonds is 12. The number of hydrogen-bond donors (Lipinski definition) is 3. The number of anilines is 1. The van der Waals surface area contributed by atoms with E-state index in [0.717, 1.165) is 49.4 Å². The third-order valence-electron chi connectivity index (χ3n) is 9.24.